The van der Waals surface area contributed by atoms with E-state index < -0.39 is 33.9 Å². The Balaban J connectivity index is 1.67. The Hall–Kier alpha value is -2.68. The molecule has 9 heteroatoms. The van der Waals surface area contributed by atoms with Gasteiger partial charge in [0.15, 0.2) is 21.6 Å². The molecule has 1 saturated heterocycles. The third kappa shape index (κ3) is 4.24. The van der Waals surface area contributed by atoms with Gasteiger partial charge in [-0.2, -0.15) is 0 Å². The molecular formula is C19H22N2O6S. The average molecular weight is 406 g/mol. The van der Waals surface area contributed by atoms with Crippen LogP contribution in [-0.2, 0) is 19.4 Å². The molecule has 0 saturated carbocycles. The van der Waals surface area contributed by atoms with Crippen molar-refractivity contribution in [3.05, 3.63) is 41.8 Å². The molecule has 2 heterocycles. The number of esters is 1. The molecule has 1 fully saturated rings. The highest BCUT2D eigenvalue weighted by atomic mass is 32.2. The average Bonchev–Trinajstić information content (AvgIpc) is 3.23. The Morgan fingerprint density at radius 2 is 1.96 bits per heavy atom. The summed E-state index contributed by atoms with van der Waals surface area (Å²) in [5, 5.41) is 0. The number of ether oxygens (including phenoxy) is 1. The Bertz CT molecular complexity index is 983. The van der Waals surface area contributed by atoms with E-state index in [9.17, 15) is 18.0 Å². The smallest absolute Gasteiger partial charge is 0.361 e. The molecule has 0 aliphatic carbocycles. The van der Waals surface area contributed by atoms with Gasteiger partial charge in [0.05, 0.1) is 11.5 Å². The fraction of sp³-hybridized carbons (Fsp3) is 0.421. The van der Waals surface area contributed by atoms with Crippen molar-refractivity contribution >= 4 is 21.7 Å². The summed E-state index contributed by atoms with van der Waals surface area (Å²) < 4.78 is 34.0. The van der Waals surface area contributed by atoms with E-state index in [0.29, 0.717) is 12.2 Å². The van der Waals surface area contributed by atoms with Gasteiger partial charge in [0.2, 0.25) is 5.89 Å². The molecule has 28 heavy (non-hydrogen) atoms. The van der Waals surface area contributed by atoms with Crippen molar-refractivity contribution in [3.63, 3.8) is 0 Å². The topological polar surface area (TPSA) is 107 Å². The first-order chi connectivity index (χ1) is 13.2. The van der Waals surface area contributed by atoms with E-state index in [1.807, 2.05) is 18.2 Å². The second-order valence-corrected chi connectivity index (χ2v) is 9.07. The molecule has 8 nitrogen and oxygen atoms in total. The second kappa shape index (κ2) is 7.75. The van der Waals surface area contributed by atoms with Gasteiger partial charge in [0, 0.05) is 18.7 Å². The van der Waals surface area contributed by atoms with Crippen molar-refractivity contribution in [1.82, 2.24) is 9.88 Å². The number of benzene rings is 1. The molecule has 1 aromatic heterocycles. The highest BCUT2D eigenvalue weighted by Gasteiger charge is 2.35. The van der Waals surface area contributed by atoms with Crippen LogP contribution in [0.1, 0.15) is 29.6 Å². The molecule has 0 unspecified atom stereocenters. The maximum absolute atomic E-state index is 12.5. The predicted molar refractivity (Wildman–Crippen MR) is 101 cm³/mol. The van der Waals surface area contributed by atoms with Gasteiger partial charge < -0.3 is 14.1 Å². The number of hydrogen-bond donors (Lipinski definition) is 0. The number of nitrogens with zero attached hydrogens (tertiary/aromatic N) is 2. The first-order valence-electron chi connectivity index (χ1n) is 8.89. The first kappa shape index (κ1) is 20.1. The van der Waals surface area contributed by atoms with Gasteiger partial charge >= 0.3 is 5.97 Å². The zero-order valence-electron chi connectivity index (χ0n) is 15.9. The molecule has 0 radical (unpaired) electrons. The minimum atomic E-state index is -3.12. The SMILES string of the molecule is Cc1oc(-c2ccccc2)nc1C(=O)O[C@H](C)C(=O)N(C)[C@H]1CCS(=O)(=O)C1. The van der Waals surface area contributed by atoms with Gasteiger partial charge in [-0.05, 0) is 32.4 Å². The summed E-state index contributed by atoms with van der Waals surface area (Å²) in [6.45, 7) is 3.05. The van der Waals surface area contributed by atoms with E-state index in [2.05, 4.69) is 4.98 Å². The lowest BCUT2D eigenvalue weighted by molar-refractivity contribution is -0.140. The van der Waals surface area contributed by atoms with Crippen LogP contribution in [0.4, 0.5) is 0 Å². The number of hydrogen-bond acceptors (Lipinski definition) is 7. The van der Waals surface area contributed by atoms with Crippen molar-refractivity contribution in [2.24, 2.45) is 0 Å². The highest BCUT2D eigenvalue weighted by Crippen LogP contribution is 2.23. The van der Waals surface area contributed by atoms with E-state index in [0.717, 1.165) is 5.56 Å². The van der Waals surface area contributed by atoms with Crippen LogP contribution in [-0.4, -0.2) is 60.9 Å². The van der Waals surface area contributed by atoms with E-state index in [-0.39, 0.29) is 23.1 Å². The summed E-state index contributed by atoms with van der Waals surface area (Å²) in [6.07, 6.45) is -0.689. The Labute approximate surface area is 163 Å². The van der Waals surface area contributed by atoms with Crippen LogP contribution >= 0.6 is 0 Å². The van der Waals surface area contributed by atoms with Gasteiger partial charge in [0.25, 0.3) is 5.91 Å². The first-order valence-corrected chi connectivity index (χ1v) is 10.7. The molecule has 1 aliphatic rings. The summed E-state index contributed by atoms with van der Waals surface area (Å²) in [5.41, 5.74) is 0.723. The number of likely N-dealkylation sites (N-methyl/N-ethyl adjacent to an activating group) is 1. The van der Waals surface area contributed by atoms with E-state index in [1.165, 1.54) is 18.9 Å². The number of aryl methyl sites for hydroxylation is 1. The summed E-state index contributed by atoms with van der Waals surface area (Å²) in [7, 11) is -1.60. The van der Waals surface area contributed by atoms with Gasteiger partial charge in [-0.3, -0.25) is 4.79 Å². The number of oxazole rings is 1. The van der Waals surface area contributed by atoms with E-state index >= 15 is 0 Å². The summed E-state index contributed by atoms with van der Waals surface area (Å²) in [5.74, 6) is -0.657. The van der Waals surface area contributed by atoms with Crippen LogP contribution in [0.25, 0.3) is 11.5 Å². The molecule has 3 rings (SSSR count). The lowest BCUT2D eigenvalue weighted by Crippen LogP contribution is -2.44. The molecule has 1 aliphatic heterocycles. The van der Waals surface area contributed by atoms with Gasteiger partial charge in [-0.1, -0.05) is 18.2 Å². The lowest BCUT2D eigenvalue weighted by Gasteiger charge is -2.26. The quantitative estimate of drug-likeness (QED) is 0.697. The molecule has 0 N–H and O–H groups in total. The zero-order valence-corrected chi connectivity index (χ0v) is 16.7. The molecule has 150 valence electrons. The third-order valence-electron chi connectivity index (χ3n) is 4.75. The fourth-order valence-corrected chi connectivity index (χ4v) is 4.88. The van der Waals surface area contributed by atoms with Crippen molar-refractivity contribution < 1.29 is 27.2 Å². The monoisotopic (exact) mass is 406 g/mol. The standard InChI is InChI=1S/C19H22N2O6S/c1-12-16(20-17(26-12)14-7-5-4-6-8-14)19(23)27-13(2)18(22)21(3)15-9-10-28(24,25)11-15/h4-8,13,15H,9-11H2,1-3H3/t13-,15+/m1/s1. The maximum atomic E-state index is 12.5. The summed E-state index contributed by atoms with van der Waals surface area (Å²) >= 11 is 0. The van der Waals surface area contributed by atoms with Crippen LogP contribution in [0.5, 0.6) is 0 Å². The molecule has 1 aromatic carbocycles. The minimum absolute atomic E-state index is 0.00426. The Morgan fingerprint density at radius 1 is 1.29 bits per heavy atom. The second-order valence-electron chi connectivity index (χ2n) is 6.84. The van der Waals surface area contributed by atoms with Gasteiger partial charge in [-0.25, -0.2) is 18.2 Å². The van der Waals surface area contributed by atoms with E-state index in [4.69, 9.17) is 9.15 Å². The Morgan fingerprint density at radius 3 is 2.57 bits per heavy atom. The molecular weight excluding hydrogens is 384 g/mol. The molecule has 2 aromatic rings. The normalized spacial score (nSPS) is 19.2. The van der Waals surface area contributed by atoms with E-state index in [1.54, 1.807) is 19.1 Å². The molecule has 0 bridgehead atoms. The van der Waals surface area contributed by atoms with Crippen molar-refractivity contribution in [2.45, 2.75) is 32.4 Å². The number of rotatable bonds is 5. The van der Waals surface area contributed by atoms with Gasteiger partial charge in [-0.15, -0.1) is 0 Å². The van der Waals surface area contributed by atoms with Crippen molar-refractivity contribution in [2.75, 3.05) is 18.6 Å². The van der Waals surface area contributed by atoms with Crippen LogP contribution in [0.3, 0.4) is 0 Å². The number of carbonyl (C=O) groups excluding carboxylic acids is 2. The minimum Gasteiger partial charge on any atom is -0.448 e. The number of carbonyl (C=O) groups is 2. The summed E-state index contributed by atoms with van der Waals surface area (Å²) in [6, 6.07) is 8.71. The largest absolute Gasteiger partial charge is 0.448 e. The Kier molecular flexibility index (Phi) is 5.55. The molecule has 2 atom stereocenters. The van der Waals surface area contributed by atoms with Gasteiger partial charge in [0.1, 0.15) is 5.76 Å². The summed E-state index contributed by atoms with van der Waals surface area (Å²) in [4.78, 5) is 30.5. The zero-order chi connectivity index (χ0) is 20.5. The van der Waals surface area contributed by atoms with Crippen LogP contribution < -0.4 is 0 Å². The number of sulfone groups is 1. The van der Waals surface area contributed by atoms with Crippen LogP contribution in [0.2, 0.25) is 0 Å². The van der Waals surface area contributed by atoms with Crippen LogP contribution in [0, 0.1) is 6.92 Å². The molecule has 1 amide bonds. The highest BCUT2D eigenvalue weighted by molar-refractivity contribution is 7.91. The van der Waals surface area contributed by atoms with Crippen molar-refractivity contribution in [1.29, 1.82) is 0 Å². The van der Waals surface area contributed by atoms with Crippen LogP contribution in [0.15, 0.2) is 34.7 Å². The third-order valence-corrected chi connectivity index (χ3v) is 6.50. The number of aromatic nitrogens is 1. The maximum Gasteiger partial charge on any atom is 0.361 e. The fourth-order valence-electron chi connectivity index (χ4n) is 3.10. The van der Waals surface area contributed by atoms with Crippen molar-refractivity contribution in [3.8, 4) is 11.5 Å². The number of amides is 1. The predicted octanol–water partition coefficient (Wildman–Crippen LogP) is 1.84. The lowest BCUT2D eigenvalue weighted by atomic mass is 10.2. The molecule has 0 spiro atoms.